The molecule has 0 spiro atoms. The van der Waals surface area contributed by atoms with Gasteiger partial charge in [0, 0.05) is 31.4 Å². The molecule has 5 rings (SSSR count). The molecule has 30 heavy (non-hydrogen) atoms. The third-order valence-electron chi connectivity index (χ3n) is 5.77. The maximum atomic E-state index is 6.32. The molecule has 2 aliphatic rings. The zero-order chi connectivity index (χ0) is 20.3. The van der Waals surface area contributed by atoms with Crippen molar-refractivity contribution in [2.45, 2.75) is 44.8 Å². The van der Waals surface area contributed by atoms with Gasteiger partial charge in [0.05, 0.1) is 13.2 Å². The number of anilines is 2. The van der Waals surface area contributed by atoms with Gasteiger partial charge >= 0.3 is 6.01 Å². The molecule has 4 heterocycles. The van der Waals surface area contributed by atoms with E-state index in [9.17, 15) is 0 Å². The molecule has 0 radical (unpaired) electrons. The summed E-state index contributed by atoms with van der Waals surface area (Å²) in [4.78, 5) is 15.8. The summed E-state index contributed by atoms with van der Waals surface area (Å²) >= 11 is 0. The Morgan fingerprint density at radius 2 is 1.93 bits per heavy atom. The second-order valence-electron chi connectivity index (χ2n) is 7.98. The second kappa shape index (κ2) is 8.43. The third kappa shape index (κ3) is 4.16. The highest BCUT2D eigenvalue weighted by molar-refractivity contribution is 5.52. The van der Waals surface area contributed by atoms with Crippen molar-refractivity contribution in [2.75, 3.05) is 36.5 Å². The third-order valence-corrected chi connectivity index (χ3v) is 5.77. The van der Waals surface area contributed by atoms with Crippen LogP contribution < -0.4 is 15.0 Å². The van der Waals surface area contributed by atoms with Crippen molar-refractivity contribution >= 4 is 17.3 Å². The first-order valence-electron chi connectivity index (χ1n) is 10.6. The minimum absolute atomic E-state index is 0.119. The van der Waals surface area contributed by atoms with Gasteiger partial charge in [0.25, 0.3) is 0 Å². The molecule has 0 bridgehead atoms. The normalized spacial score (nSPS) is 22.2. The van der Waals surface area contributed by atoms with Gasteiger partial charge in [0.1, 0.15) is 24.1 Å². The van der Waals surface area contributed by atoms with E-state index in [0.717, 1.165) is 56.1 Å². The maximum absolute atomic E-state index is 6.32. The van der Waals surface area contributed by atoms with E-state index in [4.69, 9.17) is 14.5 Å². The quantitative estimate of drug-likeness (QED) is 0.687. The van der Waals surface area contributed by atoms with Crippen LogP contribution in [0.4, 0.5) is 11.6 Å². The molecular formula is C21H27N7O2. The van der Waals surface area contributed by atoms with Crippen LogP contribution in [0.2, 0.25) is 0 Å². The number of nitrogens with zero attached hydrogens (tertiary/aromatic N) is 6. The molecule has 1 saturated carbocycles. The number of rotatable bonds is 5. The van der Waals surface area contributed by atoms with Gasteiger partial charge in [0.2, 0.25) is 0 Å². The zero-order valence-electron chi connectivity index (χ0n) is 17.2. The van der Waals surface area contributed by atoms with E-state index in [2.05, 4.69) is 31.3 Å². The molecule has 1 aliphatic carbocycles. The van der Waals surface area contributed by atoms with E-state index < -0.39 is 0 Å². The first kappa shape index (κ1) is 19.0. The molecule has 0 amide bonds. The van der Waals surface area contributed by atoms with E-state index in [-0.39, 0.29) is 6.10 Å². The van der Waals surface area contributed by atoms with Gasteiger partial charge in [0.15, 0.2) is 5.65 Å². The summed E-state index contributed by atoms with van der Waals surface area (Å²) in [6, 6.07) is 7.02. The van der Waals surface area contributed by atoms with Gasteiger partial charge in [-0.3, -0.25) is 0 Å². The van der Waals surface area contributed by atoms with Crippen LogP contribution in [-0.2, 0) is 4.74 Å². The molecule has 158 valence electrons. The fourth-order valence-electron chi connectivity index (χ4n) is 4.06. The number of hydrogen-bond donors (Lipinski definition) is 1. The number of nitrogens with one attached hydrogen (secondary N) is 1. The van der Waals surface area contributed by atoms with Crippen molar-refractivity contribution in [3.05, 3.63) is 36.3 Å². The summed E-state index contributed by atoms with van der Waals surface area (Å²) in [7, 11) is 0. The summed E-state index contributed by atoms with van der Waals surface area (Å²) < 4.78 is 13.5. The fourth-order valence-corrected chi connectivity index (χ4v) is 4.06. The van der Waals surface area contributed by atoms with Crippen molar-refractivity contribution in [2.24, 2.45) is 0 Å². The standard InChI is InChI=1S/C21H27N7O2/c1-15-2-7-18(22-13-15)25-16-3-5-17(6-4-16)30-21-26-20(27-8-10-29-11-9-27)12-19-23-14-24-28(19)21/h2,7,12-14,16-17H,3-6,8-11H2,1H3,(H,22,25)/t16-,17+. The van der Waals surface area contributed by atoms with Gasteiger partial charge < -0.3 is 19.7 Å². The minimum Gasteiger partial charge on any atom is -0.460 e. The highest BCUT2D eigenvalue weighted by Crippen LogP contribution is 2.27. The first-order chi connectivity index (χ1) is 14.7. The van der Waals surface area contributed by atoms with Crippen LogP contribution in [0.5, 0.6) is 6.01 Å². The summed E-state index contributed by atoms with van der Waals surface area (Å²) in [5.74, 6) is 1.81. The van der Waals surface area contributed by atoms with E-state index in [1.807, 2.05) is 25.3 Å². The van der Waals surface area contributed by atoms with E-state index in [0.29, 0.717) is 25.3 Å². The zero-order valence-corrected chi connectivity index (χ0v) is 17.2. The largest absolute Gasteiger partial charge is 0.460 e. The van der Waals surface area contributed by atoms with E-state index in [1.54, 1.807) is 10.8 Å². The maximum Gasteiger partial charge on any atom is 0.321 e. The van der Waals surface area contributed by atoms with Gasteiger partial charge in [-0.25, -0.2) is 9.97 Å². The minimum atomic E-state index is 0.119. The molecule has 3 aromatic heterocycles. The Balaban J connectivity index is 1.24. The van der Waals surface area contributed by atoms with Crippen molar-refractivity contribution in [1.82, 2.24) is 24.6 Å². The molecule has 0 unspecified atom stereocenters. The number of aromatic nitrogens is 5. The van der Waals surface area contributed by atoms with Crippen LogP contribution in [-0.4, -0.2) is 63.0 Å². The number of ether oxygens (including phenoxy) is 2. The van der Waals surface area contributed by atoms with Gasteiger partial charge in [-0.1, -0.05) is 6.07 Å². The Hall–Kier alpha value is -2.94. The van der Waals surface area contributed by atoms with Crippen LogP contribution in [0.25, 0.3) is 5.65 Å². The van der Waals surface area contributed by atoms with Gasteiger partial charge in [-0.15, -0.1) is 0 Å². The summed E-state index contributed by atoms with van der Waals surface area (Å²) in [5, 5.41) is 7.84. The van der Waals surface area contributed by atoms with Crippen molar-refractivity contribution in [3.8, 4) is 6.01 Å². The van der Waals surface area contributed by atoms with Crippen LogP contribution in [0.15, 0.2) is 30.7 Å². The van der Waals surface area contributed by atoms with E-state index in [1.165, 1.54) is 5.56 Å². The smallest absolute Gasteiger partial charge is 0.321 e. The lowest BCUT2D eigenvalue weighted by atomic mass is 9.93. The predicted octanol–water partition coefficient (Wildman–Crippen LogP) is 2.47. The molecule has 1 aliphatic heterocycles. The first-order valence-corrected chi connectivity index (χ1v) is 10.6. The Bertz CT molecular complexity index is 977. The lowest BCUT2D eigenvalue weighted by Crippen LogP contribution is -2.37. The summed E-state index contributed by atoms with van der Waals surface area (Å²) in [6.45, 7) is 5.11. The monoisotopic (exact) mass is 409 g/mol. The molecule has 0 aromatic carbocycles. The summed E-state index contributed by atoms with van der Waals surface area (Å²) in [5.41, 5.74) is 1.92. The van der Waals surface area contributed by atoms with Crippen LogP contribution in [0.1, 0.15) is 31.2 Å². The molecule has 3 aromatic rings. The average molecular weight is 409 g/mol. The number of hydrogen-bond acceptors (Lipinski definition) is 8. The van der Waals surface area contributed by atoms with Crippen LogP contribution >= 0.6 is 0 Å². The molecule has 1 N–H and O–H groups in total. The Labute approximate surface area is 175 Å². The topological polar surface area (TPSA) is 89.7 Å². The number of pyridine rings is 1. The highest BCUT2D eigenvalue weighted by atomic mass is 16.5. The van der Waals surface area contributed by atoms with Crippen LogP contribution in [0, 0.1) is 6.92 Å². The molecule has 1 saturated heterocycles. The van der Waals surface area contributed by atoms with Gasteiger partial charge in [-0.05, 0) is 44.2 Å². The Kier molecular flexibility index (Phi) is 5.35. The Morgan fingerprint density at radius 3 is 2.70 bits per heavy atom. The Morgan fingerprint density at radius 1 is 1.10 bits per heavy atom. The highest BCUT2D eigenvalue weighted by Gasteiger charge is 2.25. The number of fused-ring (bicyclic) bond motifs is 1. The van der Waals surface area contributed by atoms with Crippen molar-refractivity contribution < 1.29 is 9.47 Å². The lowest BCUT2D eigenvalue weighted by Gasteiger charge is -2.30. The number of aryl methyl sites for hydroxylation is 1. The van der Waals surface area contributed by atoms with Crippen molar-refractivity contribution in [1.29, 1.82) is 0 Å². The second-order valence-corrected chi connectivity index (χ2v) is 7.98. The fraction of sp³-hybridized carbons (Fsp3) is 0.524. The lowest BCUT2D eigenvalue weighted by molar-refractivity contribution is 0.121. The molecule has 9 nitrogen and oxygen atoms in total. The summed E-state index contributed by atoms with van der Waals surface area (Å²) in [6.07, 6.45) is 7.55. The molecule has 2 fully saturated rings. The number of morpholine rings is 1. The van der Waals surface area contributed by atoms with Gasteiger partial charge in [-0.2, -0.15) is 14.6 Å². The molecular weight excluding hydrogens is 382 g/mol. The molecule has 0 atom stereocenters. The SMILES string of the molecule is Cc1ccc(N[C@H]2CC[C@@H](Oc3nc(N4CCOCC4)cc4ncnn34)CC2)nc1. The average Bonchev–Trinajstić information content (AvgIpc) is 3.26. The van der Waals surface area contributed by atoms with Crippen molar-refractivity contribution in [3.63, 3.8) is 0 Å². The predicted molar refractivity (Wildman–Crippen MR) is 113 cm³/mol. The van der Waals surface area contributed by atoms with E-state index >= 15 is 0 Å². The van der Waals surface area contributed by atoms with Crippen LogP contribution in [0.3, 0.4) is 0 Å². The molecule has 9 heteroatoms.